The molecule has 0 saturated heterocycles. The Hall–Kier alpha value is -1.13. The standard InChI is InChI=1S/C29H39P/c1-29(30(25-18-10-4-11-19-25)26-20-12-5-13-21-26)22-27(29)28(23-14-6-2-7-15-23)24-16-8-3-9-17-24/h2-3,6-9,14-17,25-28H,4-5,10-13,18-22H2,1H3. The average Bonchev–Trinajstić information content (AvgIpc) is 3.48. The van der Waals surface area contributed by atoms with Crippen molar-refractivity contribution in [2.75, 3.05) is 0 Å². The van der Waals surface area contributed by atoms with Crippen molar-refractivity contribution in [3.8, 4) is 0 Å². The summed E-state index contributed by atoms with van der Waals surface area (Å²) in [6.45, 7) is 2.73. The van der Waals surface area contributed by atoms with E-state index in [1.807, 2.05) is 0 Å². The van der Waals surface area contributed by atoms with Crippen LogP contribution in [0.3, 0.4) is 0 Å². The molecule has 2 atom stereocenters. The third-order valence-corrected chi connectivity index (χ3v) is 12.8. The van der Waals surface area contributed by atoms with Crippen LogP contribution in [0.25, 0.3) is 0 Å². The SMILES string of the molecule is CC1(P(C2CCCCC2)C2CCCCC2)CC1C(c1ccccc1)c1ccccc1. The van der Waals surface area contributed by atoms with Crippen LogP contribution in [-0.2, 0) is 0 Å². The van der Waals surface area contributed by atoms with Crippen molar-refractivity contribution in [2.45, 2.75) is 99.9 Å². The molecule has 0 heterocycles. The summed E-state index contributed by atoms with van der Waals surface area (Å²) in [7, 11) is 0.121. The molecule has 3 aliphatic carbocycles. The van der Waals surface area contributed by atoms with Crippen LogP contribution in [0.4, 0.5) is 0 Å². The highest BCUT2D eigenvalue weighted by atomic mass is 31.1. The van der Waals surface area contributed by atoms with Crippen LogP contribution in [0.2, 0.25) is 0 Å². The Morgan fingerprint density at radius 3 is 1.53 bits per heavy atom. The van der Waals surface area contributed by atoms with Gasteiger partial charge in [-0.1, -0.05) is 114 Å². The van der Waals surface area contributed by atoms with Gasteiger partial charge in [-0.25, -0.2) is 0 Å². The van der Waals surface area contributed by atoms with E-state index in [2.05, 4.69) is 67.6 Å². The van der Waals surface area contributed by atoms with Gasteiger partial charge in [-0.05, 0) is 65.6 Å². The van der Waals surface area contributed by atoms with Gasteiger partial charge in [-0.3, -0.25) is 0 Å². The Balaban J connectivity index is 1.47. The highest BCUT2D eigenvalue weighted by Crippen LogP contribution is 2.77. The van der Waals surface area contributed by atoms with Gasteiger partial charge in [0, 0.05) is 5.92 Å². The summed E-state index contributed by atoms with van der Waals surface area (Å²) >= 11 is 0. The zero-order valence-corrected chi connectivity index (χ0v) is 19.7. The molecule has 0 N–H and O–H groups in total. The van der Waals surface area contributed by atoms with Crippen molar-refractivity contribution in [1.82, 2.24) is 0 Å². The molecule has 3 saturated carbocycles. The van der Waals surface area contributed by atoms with Crippen LogP contribution >= 0.6 is 7.92 Å². The summed E-state index contributed by atoms with van der Waals surface area (Å²) in [5, 5.41) is 0.593. The fourth-order valence-electron chi connectivity index (χ4n) is 6.99. The van der Waals surface area contributed by atoms with Crippen LogP contribution < -0.4 is 0 Å². The summed E-state index contributed by atoms with van der Waals surface area (Å²) < 4.78 is 0. The van der Waals surface area contributed by atoms with E-state index in [9.17, 15) is 0 Å². The van der Waals surface area contributed by atoms with Gasteiger partial charge in [-0.15, -0.1) is 0 Å². The van der Waals surface area contributed by atoms with Crippen LogP contribution in [0.1, 0.15) is 94.6 Å². The molecule has 0 aromatic heterocycles. The summed E-state index contributed by atoms with van der Waals surface area (Å²) in [5.41, 5.74) is 5.19. The van der Waals surface area contributed by atoms with E-state index in [1.165, 1.54) is 70.6 Å². The van der Waals surface area contributed by atoms with Gasteiger partial charge in [-0.2, -0.15) is 0 Å². The molecule has 3 aliphatic rings. The first-order chi connectivity index (χ1) is 14.8. The van der Waals surface area contributed by atoms with Gasteiger partial charge in [0.05, 0.1) is 0 Å². The van der Waals surface area contributed by atoms with E-state index in [1.54, 1.807) is 11.1 Å². The highest BCUT2D eigenvalue weighted by Gasteiger charge is 2.61. The molecule has 3 fully saturated rings. The topological polar surface area (TPSA) is 0 Å². The maximum Gasteiger partial charge on any atom is 0.0126 e. The van der Waals surface area contributed by atoms with Gasteiger partial charge in [0.15, 0.2) is 0 Å². The first-order valence-electron chi connectivity index (χ1n) is 12.7. The lowest BCUT2D eigenvalue weighted by molar-refractivity contribution is 0.478. The second-order valence-electron chi connectivity index (χ2n) is 10.5. The monoisotopic (exact) mass is 418 g/mol. The van der Waals surface area contributed by atoms with Crippen molar-refractivity contribution in [2.24, 2.45) is 5.92 Å². The fourth-order valence-corrected chi connectivity index (χ4v) is 12.0. The largest absolute Gasteiger partial charge is 0.0939 e. The summed E-state index contributed by atoms with van der Waals surface area (Å²) in [5.74, 6) is 1.41. The molecule has 0 radical (unpaired) electrons. The van der Waals surface area contributed by atoms with E-state index in [0.29, 0.717) is 11.1 Å². The van der Waals surface area contributed by atoms with Crippen molar-refractivity contribution in [1.29, 1.82) is 0 Å². The minimum atomic E-state index is 0.121. The molecular formula is C29H39P. The van der Waals surface area contributed by atoms with E-state index < -0.39 is 0 Å². The molecule has 0 spiro atoms. The smallest absolute Gasteiger partial charge is 0.0126 e. The summed E-state index contributed by atoms with van der Waals surface area (Å²) in [6, 6.07) is 22.9. The Labute approximate surface area is 185 Å². The van der Waals surface area contributed by atoms with Gasteiger partial charge >= 0.3 is 0 Å². The highest BCUT2D eigenvalue weighted by molar-refractivity contribution is 7.61. The lowest BCUT2D eigenvalue weighted by Gasteiger charge is -2.43. The molecule has 0 aliphatic heterocycles. The van der Waals surface area contributed by atoms with Crippen LogP contribution in [-0.4, -0.2) is 16.5 Å². The zero-order chi connectivity index (χ0) is 20.4. The molecule has 2 aromatic rings. The molecule has 30 heavy (non-hydrogen) atoms. The first-order valence-corrected chi connectivity index (χ1v) is 14.1. The molecule has 2 unspecified atom stereocenters. The first kappa shape index (κ1) is 20.8. The minimum absolute atomic E-state index is 0.121. The Morgan fingerprint density at radius 1 is 0.667 bits per heavy atom. The predicted molar refractivity (Wildman–Crippen MR) is 132 cm³/mol. The third-order valence-electron chi connectivity index (χ3n) is 8.52. The fraction of sp³-hybridized carbons (Fsp3) is 0.586. The Morgan fingerprint density at radius 2 is 1.10 bits per heavy atom. The zero-order valence-electron chi connectivity index (χ0n) is 18.8. The van der Waals surface area contributed by atoms with Crippen LogP contribution in [0, 0.1) is 5.92 Å². The van der Waals surface area contributed by atoms with Crippen LogP contribution in [0.5, 0.6) is 0 Å². The van der Waals surface area contributed by atoms with E-state index >= 15 is 0 Å². The van der Waals surface area contributed by atoms with Gasteiger partial charge in [0.1, 0.15) is 0 Å². The summed E-state index contributed by atoms with van der Waals surface area (Å²) in [4.78, 5) is 0. The third kappa shape index (κ3) is 4.14. The lowest BCUT2D eigenvalue weighted by Crippen LogP contribution is -2.28. The maximum atomic E-state index is 2.73. The quantitative estimate of drug-likeness (QED) is 0.411. The number of rotatable bonds is 6. The molecule has 0 nitrogen and oxygen atoms in total. The number of hydrogen-bond acceptors (Lipinski definition) is 0. The molecule has 0 bridgehead atoms. The molecular weight excluding hydrogens is 379 g/mol. The predicted octanol–water partition coefficient (Wildman–Crippen LogP) is 8.74. The maximum absolute atomic E-state index is 2.73. The normalized spacial score (nSPS) is 28.2. The van der Waals surface area contributed by atoms with E-state index in [4.69, 9.17) is 0 Å². The molecule has 160 valence electrons. The van der Waals surface area contributed by atoms with Gasteiger partial charge in [0.2, 0.25) is 0 Å². The van der Waals surface area contributed by atoms with Gasteiger partial charge < -0.3 is 0 Å². The van der Waals surface area contributed by atoms with Crippen molar-refractivity contribution >= 4 is 7.92 Å². The Kier molecular flexibility index (Phi) is 6.34. The molecule has 5 rings (SSSR count). The second-order valence-corrected chi connectivity index (χ2v) is 13.8. The number of hydrogen-bond donors (Lipinski definition) is 0. The second kappa shape index (κ2) is 9.16. The van der Waals surface area contributed by atoms with Gasteiger partial charge in [0.25, 0.3) is 0 Å². The molecule has 0 amide bonds. The van der Waals surface area contributed by atoms with E-state index in [0.717, 1.165) is 17.2 Å². The summed E-state index contributed by atoms with van der Waals surface area (Å²) in [6.07, 6.45) is 16.6. The average molecular weight is 419 g/mol. The molecule has 1 heteroatoms. The van der Waals surface area contributed by atoms with Crippen molar-refractivity contribution in [3.63, 3.8) is 0 Å². The van der Waals surface area contributed by atoms with Crippen molar-refractivity contribution < 1.29 is 0 Å². The van der Waals surface area contributed by atoms with Crippen LogP contribution in [0.15, 0.2) is 60.7 Å². The lowest BCUT2D eigenvalue weighted by atomic mass is 9.86. The van der Waals surface area contributed by atoms with E-state index in [-0.39, 0.29) is 7.92 Å². The Bertz CT molecular complexity index is 730. The van der Waals surface area contributed by atoms with Crippen molar-refractivity contribution in [3.05, 3.63) is 71.8 Å². The molecule has 2 aromatic carbocycles. The minimum Gasteiger partial charge on any atom is -0.0939 e. The number of benzene rings is 2.